The number of amides is 1. The molecule has 5 nitrogen and oxygen atoms in total. The molecule has 16 heavy (non-hydrogen) atoms. The van der Waals surface area contributed by atoms with Crippen molar-refractivity contribution >= 4 is 17.6 Å². The average molecular weight is 223 g/mol. The van der Waals surface area contributed by atoms with E-state index in [1.54, 1.807) is 6.92 Å². The lowest BCUT2D eigenvalue weighted by molar-refractivity contribution is -0.121. The van der Waals surface area contributed by atoms with Crippen LogP contribution >= 0.6 is 0 Å². The lowest BCUT2D eigenvalue weighted by Crippen LogP contribution is -2.23. The molecule has 0 aliphatic carbocycles. The van der Waals surface area contributed by atoms with E-state index >= 15 is 0 Å². The third-order valence-electron chi connectivity index (χ3n) is 1.92. The Morgan fingerprint density at radius 1 is 1.31 bits per heavy atom. The summed E-state index contributed by atoms with van der Waals surface area (Å²) >= 11 is 0. The van der Waals surface area contributed by atoms with Crippen LogP contribution in [0.5, 0.6) is 0 Å². The molecule has 0 fully saturated rings. The van der Waals surface area contributed by atoms with Crippen LogP contribution in [0.15, 0.2) is 24.3 Å². The second-order valence-electron chi connectivity index (χ2n) is 3.10. The van der Waals surface area contributed by atoms with Crippen molar-refractivity contribution in [1.82, 2.24) is 0 Å². The van der Waals surface area contributed by atoms with Gasteiger partial charge in [-0.15, -0.1) is 0 Å². The average Bonchev–Trinajstić information content (AvgIpc) is 2.28. The van der Waals surface area contributed by atoms with Gasteiger partial charge in [-0.25, -0.2) is 4.79 Å². The van der Waals surface area contributed by atoms with Gasteiger partial charge in [-0.05, 0) is 31.2 Å². The second-order valence-corrected chi connectivity index (χ2v) is 3.10. The molecule has 0 aromatic heterocycles. The number of benzene rings is 1. The molecule has 1 amide bonds. The van der Waals surface area contributed by atoms with Crippen LogP contribution in [0, 0.1) is 0 Å². The number of anilines is 1. The largest absolute Gasteiger partial charge is 0.462 e. The highest BCUT2D eigenvalue weighted by atomic mass is 16.5. The molecule has 1 N–H and O–H groups in total. The predicted octanol–water partition coefficient (Wildman–Crippen LogP) is 1.61. The van der Waals surface area contributed by atoms with Gasteiger partial charge in [0.15, 0.2) is 0 Å². The van der Waals surface area contributed by atoms with Gasteiger partial charge in [0, 0.05) is 6.92 Å². The number of nitrogens with zero attached hydrogens (tertiary/aromatic N) is 1. The number of ether oxygens (including phenoxy) is 1. The summed E-state index contributed by atoms with van der Waals surface area (Å²) in [6.07, 6.45) is 0. The molecule has 0 bridgehead atoms. The summed E-state index contributed by atoms with van der Waals surface area (Å²) in [5, 5.41) is 9.81. The smallest absolute Gasteiger partial charge is 0.338 e. The normalized spacial score (nSPS) is 9.69. The summed E-state index contributed by atoms with van der Waals surface area (Å²) in [7, 11) is 0. The Balaban J connectivity index is 2.83. The Hall–Kier alpha value is -1.88. The van der Waals surface area contributed by atoms with E-state index in [9.17, 15) is 14.8 Å². The molecule has 86 valence electrons. The Morgan fingerprint density at radius 2 is 1.88 bits per heavy atom. The van der Waals surface area contributed by atoms with Crippen LogP contribution in [-0.2, 0) is 9.53 Å². The molecule has 1 rings (SSSR count). The maximum atomic E-state index is 11.3. The third-order valence-corrected chi connectivity index (χ3v) is 1.92. The zero-order chi connectivity index (χ0) is 12.1. The first-order valence-corrected chi connectivity index (χ1v) is 4.83. The quantitative estimate of drug-likeness (QED) is 0.480. The summed E-state index contributed by atoms with van der Waals surface area (Å²) in [5.74, 6) is -0.926. The molecular weight excluding hydrogens is 210 g/mol. The van der Waals surface area contributed by atoms with Crippen molar-refractivity contribution in [2.24, 2.45) is 0 Å². The van der Waals surface area contributed by atoms with Gasteiger partial charge >= 0.3 is 5.97 Å². The van der Waals surface area contributed by atoms with Crippen molar-refractivity contribution in [3.63, 3.8) is 0 Å². The van der Waals surface area contributed by atoms with Crippen molar-refractivity contribution in [2.45, 2.75) is 13.8 Å². The topological polar surface area (TPSA) is 66.8 Å². The lowest BCUT2D eigenvalue weighted by atomic mass is 10.2. The van der Waals surface area contributed by atoms with Gasteiger partial charge in [0.05, 0.1) is 17.9 Å². The molecule has 0 radical (unpaired) electrons. The molecule has 0 saturated carbocycles. The number of hydrogen-bond acceptors (Lipinski definition) is 4. The number of esters is 1. The number of hydroxylamine groups is 1. The molecule has 0 aliphatic rings. The summed E-state index contributed by atoms with van der Waals surface area (Å²) in [4.78, 5) is 22.1. The van der Waals surface area contributed by atoms with E-state index in [0.717, 1.165) is 0 Å². The van der Waals surface area contributed by atoms with E-state index in [1.807, 2.05) is 0 Å². The van der Waals surface area contributed by atoms with Gasteiger partial charge in [0.2, 0.25) is 5.91 Å². The van der Waals surface area contributed by atoms with Crippen LogP contribution in [0.2, 0.25) is 0 Å². The molecule has 0 saturated heterocycles. The maximum Gasteiger partial charge on any atom is 0.338 e. The van der Waals surface area contributed by atoms with Crippen LogP contribution in [0.4, 0.5) is 5.69 Å². The zero-order valence-corrected chi connectivity index (χ0v) is 9.14. The zero-order valence-electron chi connectivity index (χ0n) is 9.14. The van der Waals surface area contributed by atoms with E-state index in [4.69, 9.17) is 4.74 Å². The fraction of sp³-hybridized carbons (Fsp3) is 0.273. The second kappa shape index (κ2) is 5.27. The summed E-state index contributed by atoms with van der Waals surface area (Å²) in [5.41, 5.74) is 0.683. The highest BCUT2D eigenvalue weighted by Gasteiger charge is 2.10. The number of rotatable bonds is 3. The Bertz CT molecular complexity index is 385. The maximum absolute atomic E-state index is 11.3. The molecular formula is C11H13NO4. The number of hydrogen-bond donors (Lipinski definition) is 1. The minimum Gasteiger partial charge on any atom is -0.462 e. The van der Waals surface area contributed by atoms with Gasteiger partial charge in [-0.1, -0.05) is 0 Å². The van der Waals surface area contributed by atoms with Gasteiger partial charge in [0.25, 0.3) is 0 Å². The summed E-state index contributed by atoms with van der Waals surface area (Å²) in [6, 6.07) is 5.90. The van der Waals surface area contributed by atoms with Crippen LogP contribution in [0.25, 0.3) is 0 Å². The first-order chi connectivity index (χ1) is 7.56. The third kappa shape index (κ3) is 2.80. The van der Waals surface area contributed by atoms with Crippen molar-refractivity contribution in [3.05, 3.63) is 29.8 Å². The van der Waals surface area contributed by atoms with E-state index < -0.39 is 11.9 Å². The SMILES string of the molecule is CCOC(=O)c1ccc(N(O)C(C)=O)cc1. The molecule has 0 atom stereocenters. The van der Waals surface area contributed by atoms with E-state index in [0.29, 0.717) is 22.9 Å². The van der Waals surface area contributed by atoms with Gasteiger partial charge < -0.3 is 4.74 Å². The molecule has 1 aromatic rings. The molecule has 0 heterocycles. The number of carbonyl (C=O) groups is 2. The van der Waals surface area contributed by atoms with Crippen LogP contribution in [0.3, 0.4) is 0 Å². The van der Waals surface area contributed by atoms with Crippen molar-refractivity contribution < 1.29 is 19.5 Å². The van der Waals surface area contributed by atoms with E-state index in [2.05, 4.69) is 0 Å². The molecule has 0 unspecified atom stereocenters. The Kier molecular flexibility index (Phi) is 4.02. The van der Waals surface area contributed by atoms with Crippen LogP contribution in [0.1, 0.15) is 24.2 Å². The van der Waals surface area contributed by atoms with Crippen molar-refractivity contribution in [3.8, 4) is 0 Å². The van der Waals surface area contributed by atoms with Gasteiger partial charge in [-0.3, -0.25) is 10.0 Å². The highest BCUT2D eigenvalue weighted by Crippen LogP contribution is 2.14. The summed E-state index contributed by atoms with van der Waals surface area (Å²) < 4.78 is 4.79. The minimum atomic E-state index is -0.496. The predicted molar refractivity (Wildman–Crippen MR) is 57.3 cm³/mol. The molecule has 1 aromatic carbocycles. The Labute approximate surface area is 93.2 Å². The van der Waals surface area contributed by atoms with Crippen molar-refractivity contribution in [2.75, 3.05) is 11.7 Å². The van der Waals surface area contributed by atoms with Gasteiger partial charge in [0.1, 0.15) is 0 Å². The number of carbonyl (C=O) groups excluding carboxylic acids is 2. The van der Waals surface area contributed by atoms with Crippen molar-refractivity contribution in [1.29, 1.82) is 0 Å². The molecule has 0 aliphatic heterocycles. The molecule has 0 spiro atoms. The Morgan fingerprint density at radius 3 is 2.31 bits per heavy atom. The van der Waals surface area contributed by atoms with E-state index in [1.165, 1.54) is 31.2 Å². The first-order valence-electron chi connectivity index (χ1n) is 4.83. The monoisotopic (exact) mass is 223 g/mol. The highest BCUT2D eigenvalue weighted by molar-refractivity contribution is 5.92. The van der Waals surface area contributed by atoms with E-state index in [-0.39, 0.29) is 0 Å². The van der Waals surface area contributed by atoms with Crippen LogP contribution in [-0.4, -0.2) is 23.7 Å². The van der Waals surface area contributed by atoms with Gasteiger partial charge in [-0.2, -0.15) is 5.06 Å². The lowest BCUT2D eigenvalue weighted by Gasteiger charge is -2.12. The standard InChI is InChI=1S/C11H13NO4/c1-3-16-11(14)9-4-6-10(7-5-9)12(15)8(2)13/h4-7,15H,3H2,1-2H3. The first kappa shape index (κ1) is 12.2. The fourth-order valence-electron chi connectivity index (χ4n) is 1.13. The molecule has 5 heteroatoms. The fourth-order valence-corrected chi connectivity index (χ4v) is 1.13. The summed E-state index contributed by atoms with van der Waals surface area (Å²) in [6.45, 7) is 3.26. The minimum absolute atomic E-state index is 0.306. The van der Waals surface area contributed by atoms with Crippen LogP contribution < -0.4 is 5.06 Å².